The van der Waals surface area contributed by atoms with Gasteiger partial charge in [0.25, 0.3) is 0 Å². The van der Waals surface area contributed by atoms with Crippen molar-refractivity contribution in [2.45, 2.75) is 71.6 Å². The number of hydrogen-bond acceptors (Lipinski definition) is 6. The van der Waals surface area contributed by atoms with Gasteiger partial charge in [0, 0.05) is 12.5 Å². The van der Waals surface area contributed by atoms with E-state index in [-0.39, 0.29) is 29.5 Å². The Morgan fingerprint density at radius 2 is 1.38 bits per heavy atom. The van der Waals surface area contributed by atoms with Crippen LogP contribution in [0.1, 0.15) is 92.4 Å². The van der Waals surface area contributed by atoms with Crippen molar-refractivity contribution in [3.63, 3.8) is 0 Å². The van der Waals surface area contributed by atoms with Crippen LogP contribution in [-0.4, -0.2) is 24.5 Å². The van der Waals surface area contributed by atoms with Crippen LogP contribution in [0.4, 0.5) is 4.39 Å². The SMILES string of the molecule is CCCCCCCCCC(=O)Oc1ccc(C(=O)Oc2ccc(C(=O)OCCC)c(F)c2)cc1. The molecular weight excluding hydrogens is 439 g/mol. The van der Waals surface area contributed by atoms with Gasteiger partial charge in [-0.1, -0.05) is 52.4 Å². The first-order valence-electron chi connectivity index (χ1n) is 11.9. The van der Waals surface area contributed by atoms with E-state index < -0.39 is 17.8 Å². The fraction of sp³-hybridized carbons (Fsp3) is 0.444. The number of carbonyl (C=O) groups excluding carboxylic acids is 3. The molecule has 0 atom stereocenters. The number of ether oxygens (including phenoxy) is 3. The summed E-state index contributed by atoms with van der Waals surface area (Å²) in [7, 11) is 0. The molecule has 2 rings (SSSR count). The number of benzene rings is 2. The molecule has 0 saturated carbocycles. The molecule has 0 aliphatic heterocycles. The molecule has 2 aromatic rings. The average molecular weight is 473 g/mol. The first-order chi connectivity index (χ1) is 16.4. The fourth-order valence-electron chi connectivity index (χ4n) is 3.23. The van der Waals surface area contributed by atoms with Gasteiger partial charge in [0.1, 0.15) is 17.3 Å². The molecule has 0 bridgehead atoms. The number of carbonyl (C=O) groups is 3. The molecule has 0 aliphatic carbocycles. The quantitative estimate of drug-likeness (QED) is 0.174. The van der Waals surface area contributed by atoms with E-state index in [9.17, 15) is 18.8 Å². The fourth-order valence-corrected chi connectivity index (χ4v) is 3.23. The molecule has 184 valence electrons. The van der Waals surface area contributed by atoms with Crippen LogP contribution >= 0.6 is 0 Å². The maximum absolute atomic E-state index is 14.2. The standard InChI is InChI=1S/C27H33FO6/c1-3-5-6-7-8-9-10-11-25(29)33-21-14-12-20(13-15-21)26(30)34-22-16-17-23(24(28)19-22)27(31)32-18-4-2/h12-17,19H,3-11,18H2,1-2H3. The van der Waals surface area contributed by atoms with Gasteiger partial charge in [-0.3, -0.25) is 4.79 Å². The highest BCUT2D eigenvalue weighted by Gasteiger charge is 2.16. The molecule has 2 aromatic carbocycles. The molecule has 0 amide bonds. The molecule has 0 aliphatic rings. The van der Waals surface area contributed by atoms with Gasteiger partial charge in [0.15, 0.2) is 0 Å². The first-order valence-corrected chi connectivity index (χ1v) is 11.9. The lowest BCUT2D eigenvalue weighted by Crippen LogP contribution is -2.11. The number of rotatable bonds is 14. The van der Waals surface area contributed by atoms with Crippen LogP contribution in [0.2, 0.25) is 0 Å². The summed E-state index contributed by atoms with van der Waals surface area (Å²) < 4.78 is 29.6. The van der Waals surface area contributed by atoms with Gasteiger partial charge in [0.05, 0.1) is 17.7 Å². The van der Waals surface area contributed by atoms with Gasteiger partial charge < -0.3 is 14.2 Å². The Balaban J connectivity index is 1.81. The van der Waals surface area contributed by atoms with Crippen LogP contribution in [0.3, 0.4) is 0 Å². The summed E-state index contributed by atoms with van der Waals surface area (Å²) in [6.45, 7) is 4.21. The third kappa shape index (κ3) is 9.33. The Bertz CT molecular complexity index is 939. The Hall–Kier alpha value is -3.22. The molecule has 7 heteroatoms. The Morgan fingerprint density at radius 3 is 2.03 bits per heavy atom. The van der Waals surface area contributed by atoms with Crippen molar-refractivity contribution < 1.29 is 33.0 Å². The van der Waals surface area contributed by atoms with Crippen LogP contribution in [-0.2, 0) is 9.53 Å². The maximum atomic E-state index is 14.2. The van der Waals surface area contributed by atoms with E-state index in [4.69, 9.17) is 14.2 Å². The zero-order valence-corrected chi connectivity index (χ0v) is 19.9. The minimum atomic E-state index is -0.838. The zero-order valence-electron chi connectivity index (χ0n) is 19.9. The van der Waals surface area contributed by atoms with Crippen LogP contribution in [0.25, 0.3) is 0 Å². The summed E-state index contributed by atoms with van der Waals surface area (Å²) >= 11 is 0. The summed E-state index contributed by atoms with van der Waals surface area (Å²) in [4.78, 5) is 36.1. The third-order valence-electron chi connectivity index (χ3n) is 5.11. The molecule has 0 unspecified atom stereocenters. The molecule has 0 spiro atoms. The van der Waals surface area contributed by atoms with Crippen molar-refractivity contribution in [2.75, 3.05) is 6.61 Å². The Kier molecular flexibility index (Phi) is 11.8. The van der Waals surface area contributed by atoms with Crippen LogP contribution in [0.15, 0.2) is 42.5 Å². The van der Waals surface area contributed by atoms with E-state index in [1.807, 2.05) is 6.92 Å². The molecule has 6 nitrogen and oxygen atoms in total. The summed E-state index contributed by atoms with van der Waals surface area (Å²) in [5.41, 5.74) is -0.0189. The molecule has 0 aromatic heterocycles. The summed E-state index contributed by atoms with van der Waals surface area (Å²) in [6, 6.07) is 9.43. The molecular formula is C27H33FO6. The highest BCUT2D eigenvalue weighted by Crippen LogP contribution is 2.20. The van der Waals surface area contributed by atoms with Crippen LogP contribution in [0, 0.1) is 5.82 Å². The van der Waals surface area contributed by atoms with Crippen molar-refractivity contribution in [1.29, 1.82) is 0 Å². The highest BCUT2D eigenvalue weighted by molar-refractivity contribution is 5.92. The van der Waals surface area contributed by atoms with E-state index in [0.717, 1.165) is 25.3 Å². The molecule has 34 heavy (non-hydrogen) atoms. The topological polar surface area (TPSA) is 78.9 Å². The van der Waals surface area contributed by atoms with Crippen molar-refractivity contribution in [3.8, 4) is 11.5 Å². The second-order valence-corrected chi connectivity index (χ2v) is 8.04. The lowest BCUT2D eigenvalue weighted by Gasteiger charge is -2.08. The van der Waals surface area contributed by atoms with E-state index in [2.05, 4.69) is 6.92 Å². The molecule has 0 N–H and O–H groups in total. The van der Waals surface area contributed by atoms with Gasteiger partial charge in [-0.25, -0.2) is 14.0 Å². The van der Waals surface area contributed by atoms with Crippen molar-refractivity contribution in [3.05, 3.63) is 59.4 Å². The number of halogens is 1. The minimum absolute atomic E-state index is 0.0419. The van der Waals surface area contributed by atoms with E-state index in [1.54, 1.807) is 0 Å². The smallest absolute Gasteiger partial charge is 0.343 e. The van der Waals surface area contributed by atoms with Crippen molar-refractivity contribution >= 4 is 17.9 Å². The lowest BCUT2D eigenvalue weighted by molar-refractivity contribution is -0.134. The molecule has 0 fully saturated rings. The van der Waals surface area contributed by atoms with Crippen LogP contribution in [0.5, 0.6) is 11.5 Å². The van der Waals surface area contributed by atoms with E-state index >= 15 is 0 Å². The van der Waals surface area contributed by atoms with Crippen LogP contribution < -0.4 is 9.47 Å². The Morgan fingerprint density at radius 1 is 0.735 bits per heavy atom. The third-order valence-corrected chi connectivity index (χ3v) is 5.11. The second-order valence-electron chi connectivity index (χ2n) is 8.04. The first kappa shape index (κ1) is 27.0. The van der Waals surface area contributed by atoms with E-state index in [0.29, 0.717) is 18.6 Å². The number of hydrogen-bond donors (Lipinski definition) is 0. The maximum Gasteiger partial charge on any atom is 0.343 e. The lowest BCUT2D eigenvalue weighted by atomic mass is 10.1. The Labute approximate surface area is 200 Å². The van der Waals surface area contributed by atoms with Gasteiger partial charge in [0.2, 0.25) is 0 Å². The average Bonchev–Trinajstić information content (AvgIpc) is 2.82. The second kappa shape index (κ2) is 14.8. The van der Waals surface area contributed by atoms with Gasteiger partial charge in [-0.05, 0) is 49.2 Å². The minimum Gasteiger partial charge on any atom is -0.462 e. The van der Waals surface area contributed by atoms with Crippen molar-refractivity contribution in [2.24, 2.45) is 0 Å². The normalized spacial score (nSPS) is 10.6. The van der Waals surface area contributed by atoms with Gasteiger partial charge >= 0.3 is 17.9 Å². The number of unbranched alkanes of at least 4 members (excludes halogenated alkanes) is 6. The molecule has 0 radical (unpaired) electrons. The molecule has 0 heterocycles. The zero-order chi connectivity index (χ0) is 24.8. The van der Waals surface area contributed by atoms with Gasteiger partial charge in [-0.2, -0.15) is 0 Å². The number of esters is 3. The van der Waals surface area contributed by atoms with Crippen molar-refractivity contribution in [1.82, 2.24) is 0 Å². The predicted molar refractivity (Wildman–Crippen MR) is 127 cm³/mol. The van der Waals surface area contributed by atoms with Gasteiger partial charge in [-0.15, -0.1) is 0 Å². The van der Waals surface area contributed by atoms with E-state index in [1.165, 1.54) is 62.1 Å². The summed E-state index contributed by atoms with van der Waals surface area (Å²) in [5, 5.41) is 0. The highest BCUT2D eigenvalue weighted by atomic mass is 19.1. The predicted octanol–water partition coefficient (Wildman–Crippen LogP) is 6.66. The molecule has 0 saturated heterocycles. The largest absolute Gasteiger partial charge is 0.462 e. The summed E-state index contributed by atoms with van der Waals surface area (Å²) in [5.74, 6) is -2.33. The summed E-state index contributed by atoms with van der Waals surface area (Å²) in [6.07, 6.45) is 8.81. The monoisotopic (exact) mass is 472 g/mol.